The van der Waals surface area contributed by atoms with E-state index in [2.05, 4.69) is 0 Å². The number of hydrogen-bond acceptors (Lipinski definition) is 3. The highest BCUT2D eigenvalue weighted by molar-refractivity contribution is 6.66. The van der Waals surface area contributed by atoms with Crippen LogP contribution in [0.5, 0.6) is 11.5 Å². The van der Waals surface area contributed by atoms with Crippen LogP contribution in [-0.2, 0) is 0 Å². The monoisotopic (exact) mass is 229 g/mol. The Labute approximate surface area is 93.3 Å². The van der Waals surface area contributed by atoms with Crippen molar-refractivity contribution >= 4 is 22.7 Å². The van der Waals surface area contributed by atoms with Gasteiger partial charge in [0.05, 0.1) is 19.9 Å². The Balaban J connectivity index is 3.16. The number of carbonyl (C=O) groups is 1. The van der Waals surface area contributed by atoms with E-state index in [1.54, 1.807) is 32.4 Å². The third kappa shape index (κ3) is 2.53. The van der Waals surface area contributed by atoms with Gasteiger partial charge in [-0.3, -0.25) is 9.69 Å². The molecule has 0 unspecified atom stereocenters. The van der Waals surface area contributed by atoms with E-state index in [1.807, 2.05) is 0 Å². The van der Waals surface area contributed by atoms with Gasteiger partial charge in [-0.2, -0.15) is 0 Å². The maximum Gasteiger partial charge on any atom is 0.320 e. The van der Waals surface area contributed by atoms with Crippen molar-refractivity contribution < 1.29 is 14.3 Å². The molecule has 0 saturated heterocycles. The van der Waals surface area contributed by atoms with E-state index in [4.69, 9.17) is 21.1 Å². The maximum absolute atomic E-state index is 11.0. The van der Waals surface area contributed by atoms with Gasteiger partial charge in [0.15, 0.2) is 0 Å². The zero-order valence-corrected chi connectivity index (χ0v) is 9.54. The number of ether oxygens (including phenoxy) is 2. The minimum Gasteiger partial charge on any atom is -0.497 e. The molecule has 0 spiro atoms. The molecule has 0 fully saturated rings. The van der Waals surface area contributed by atoms with Crippen molar-refractivity contribution in [2.45, 2.75) is 0 Å². The molecule has 15 heavy (non-hydrogen) atoms. The van der Waals surface area contributed by atoms with E-state index < -0.39 is 5.37 Å². The van der Waals surface area contributed by atoms with E-state index in [-0.39, 0.29) is 0 Å². The molecule has 0 heterocycles. The Bertz CT molecular complexity index is 368. The van der Waals surface area contributed by atoms with Crippen molar-refractivity contribution in [3.05, 3.63) is 18.2 Å². The summed E-state index contributed by atoms with van der Waals surface area (Å²) in [7, 11) is 4.64. The molecule has 0 aliphatic carbocycles. The van der Waals surface area contributed by atoms with E-state index in [9.17, 15) is 4.79 Å². The second-order valence-corrected chi connectivity index (χ2v) is 3.17. The Morgan fingerprint density at radius 3 is 2.47 bits per heavy atom. The lowest BCUT2D eigenvalue weighted by molar-refractivity contribution is 0.265. The number of anilines is 1. The molecule has 0 N–H and O–H groups in total. The summed E-state index contributed by atoms with van der Waals surface area (Å²) in [4.78, 5) is 12.3. The summed E-state index contributed by atoms with van der Waals surface area (Å²) in [6, 6.07) is 5.14. The summed E-state index contributed by atoms with van der Waals surface area (Å²) in [6.45, 7) is 0. The van der Waals surface area contributed by atoms with Crippen LogP contribution in [0.4, 0.5) is 10.5 Å². The minimum absolute atomic E-state index is 0.562. The Morgan fingerprint density at radius 1 is 1.33 bits per heavy atom. The smallest absolute Gasteiger partial charge is 0.320 e. The fraction of sp³-hybridized carbons (Fsp3) is 0.300. The van der Waals surface area contributed by atoms with Gasteiger partial charge in [0.2, 0.25) is 0 Å². The van der Waals surface area contributed by atoms with E-state index >= 15 is 0 Å². The van der Waals surface area contributed by atoms with E-state index in [1.165, 1.54) is 12.0 Å². The Morgan fingerprint density at radius 2 is 2.00 bits per heavy atom. The summed E-state index contributed by atoms with van der Waals surface area (Å²) < 4.78 is 10.2. The number of benzene rings is 1. The second kappa shape index (κ2) is 4.89. The molecule has 0 radical (unpaired) electrons. The molecule has 1 aromatic rings. The molecular formula is C10H12ClNO3. The SMILES string of the molecule is COc1ccc(OC)c(N(C)C(=O)Cl)c1. The molecule has 0 atom stereocenters. The lowest BCUT2D eigenvalue weighted by Gasteiger charge is -2.17. The molecule has 1 aromatic carbocycles. The molecule has 5 heteroatoms. The molecule has 0 aromatic heterocycles. The Hall–Kier alpha value is -1.42. The number of amides is 1. The van der Waals surface area contributed by atoms with Crippen LogP contribution in [0.2, 0.25) is 0 Å². The molecule has 4 nitrogen and oxygen atoms in total. The number of carbonyl (C=O) groups excluding carboxylic acids is 1. The molecule has 1 amide bonds. The summed E-state index contributed by atoms with van der Waals surface area (Å²) in [5.41, 5.74) is 0.567. The average molecular weight is 230 g/mol. The number of rotatable bonds is 3. The highest BCUT2D eigenvalue weighted by Crippen LogP contribution is 2.32. The second-order valence-electron chi connectivity index (χ2n) is 2.85. The fourth-order valence-electron chi connectivity index (χ4n) is 1.15. The maximum atomic E-state index is 11.0. The van der Waals surface area contributed by atoms with Gasteiger partial charge in [0, 0.05) is 13.1 Å². The Kier molecular flexibility index (Phi) is 3.80. The standard InChI is InChI=1S/C10H12ClNO3/c1-12(10(11)13)8-6-7(14-2)4-5-9(8)15-3/h4-6H,1-3H3. The largest absolute Gasteiger partial charge is 0.497 e. The van der Waals surface area contributed by atoms with Crippen LogP contribution in [0, 0.1) is 0 Å². The molecule has 0 saturated carbocycles. The number of hydrogen-bond donors (Lipinski definition) is 0. The van der Waals surface area contributed by atoms with Crippen LogP contribution in [0.1, 0.15) is 0 Å². The summed E-state index contributed by atoms with van der Waals surface area (Å²) >= 11 is 5.38. The predicted molar refractivity (Wildman–Crippen MR) is 59.2 cm³/mol. The first-order valence-electron chi connectivity index (χ1n) is 4.25. The van der Waals surface area contributed by atoms with Crippen molar-refractivity contribution in [3.8, 4) is 11.5 Å². The summed E-state index contributed by atoms with van der Waals surface area (Å²) in [5.74, 6) is 1.20. The first kappa shape index (κ1) is 11.7. The molecule has 0 aliphatic rings. The highest BCUT2D eigenvalue weighted by Gasteiger charge is 2.13. The molecule has 0 aliphatic heterocycles. The number of methoxy groups -OCH3 is 2. The lowest BCUT2D eigenvalue weighted by Crippen LogP contribution is -2.20. The van der Waals surface area contributed by atoms with Gasteiger partial charge >= 0.3 is 5.37 Å². The third-order valence-corrected chi connectivity index (χ3v) is 2.26. The summed E-state index contributed by atoms with van der Waals surface area (Å²) in [6.07, 6.45) is 0. The van der Waals surface area contributed by atoms with Crippen molar-refractivity contribution in [1.29, 1.82) is 0 Å². The first-order valence-corrected chi connectivity index (χ1v) is 4.63. The van der Waals surface area contributed by atoms with Gasteiger partial charge in [-0.1, -0.05) is 0 Å². The zero-order chi connectivity index (χ0) is 11.4. The van der Waals surface area contributed by atoms with Crippen LogP contribution in [-0.4, -0.2) is 26.6 Å². The zero-order valence-electron chi connectivity index (χ0n) is 8.78. The van der Waals surface area contributed by atoms with Gasteiger partial charge < -0.3 is 9.47 Å². The van der Waals surface area contributed by atoms with E-state index in [0.29, 0.717) is 17.2 Å². The fourth-order valence-corrected chi connectivity index (χ4v) is 1.24. The number of halogens is 1. The quantitative estimate of drug-likeness (QED) is 0.591. The number of nitrogens with zero attached hydrogens (tertiary/aromatic N) is 1. The van der Waals surface area contributed by atoms with Crippen LogP contribution < -0.4 is 14.4 Å². The van der Waals surface area contributed by atoms with Gasteiger partial charge in [0.1, 0.15) is 11.5 Å². The van der Waals surface area contributed by atoms with Gasteiger partial charge in [-0.15, -0.1) is 0 Å². The third-order valence-electron chi connectivity index (χ3n) is 2.01. The molecular weight excluding hydrogens is 218 g/mol. The van der Waals surface area contributed by atoms with Crippen LogP contribution >= 0.6 is 11.6 Å². The van der Waals surface area contributed by atoms with E-state index in [0.717, 1.165) is 0 Å². The van der Waals surface area contributed by atoms with Crippen molar-refractivity contribution in [2.24, 2.45) is 0 Å². The van der Waals surface area contributed by atoms with Crippen LogP contribution in [0.15, 0.2) is 18.2 Å². The minimum atomic E-state index is -0.582. The van der Waals surface area contributed by atoms with Crippen LogP contribution in [0.25, 0.3) is 0 Å². The molecule has 82 valence electrons. The van der Waals surface area contributed by atoms with Gasteiger partial charge in [-0.05, 0) is 23.7 Å². The molecule has 1 rings (SSSR count). The predicted octanol–water partition coefficient (Wildman–Crippen LogP) is 2.50. The topological polar surface area (TPSA) is 38.8 Å². The van der Waals surface area contributed by atoms with Crippen molar-refractivity contribution in [3.63, 3.8) is 0 Å². The van der Waals surface area contributed by atoms with Crippen molar-refractivity contribution in [1.82, 2.24) is 0 Å². The average Bonchev–Trinajstić information content (AvgIpc) is 2.27. The molecule has 0 bridgehead atoms. The van der Waals surface area contributed by atoms with Crippen molar-refractivity contribution in [2.75, 3.05) is 26.2 Å². The highest BCUT2D eigenvalue weighted by atomic mass is 35.5. The normalized spacial score (nSPS) is 9.60. The first-order chi connectivity index (χ1) is 7.10. The summed E-state index contributed by atoms with van der Waals surface area (Å²) in [5, 5.41) is -0.582. The lowest BCUT2D eigenvalue weighted by atomic mass is 10.2. The van der Waals surface area contributed by atoms with Crippen LogP contribution in [0.3, 0.4) is 0 Å². The van der Waals surface area contributed by atoms with Gasteiger partial charge in [-0.25, -0.2) is 0 Å². The van der Waals surface area contributed by atoms with Gasteiger partial charge in [0.25, 0.3) is 0 Å².